The first kappa shape index (κ1) is 21.6. The molecule has 2 aliphatic heterocycles. The van der Waals surface area contributed by atoms with E-state index in [4.69, 9.17) is 0 Å². The molecule has 0 unspecified atom stereocenters. The number of hydrogen-bond acceptors (Lipinski definition) is 4. The highest BCUT2D eigenvalue weighted by atomic mass is 19.1. The van der Waals surface area contributed by atoms with Gasteiger partial charge in [-0.1, -0.05) is 42.5 Å². The van der Waals surface area contributed by atoms with Gasteiger partial charge in [-0.25, -0.2) is 4.39 Å². The zero-order chi connectivity index (χ0) is 23.1. The van der Waals surface area contributed by atoms with Crippen molar-refractivity contribution < 1.29 is 14.3 Å². The van der Waals surface area contributed by atoms with Gasteiger partial charge in [-0.2, -0.15) is 0 Å². The van der Waals surface area contributed by atoms with Gasteiger partial charge < -0.3 is 15.0 Å². The van der Waals surface area contributed by atoms with Crippen LogP contribution in [-0.4, -0.2) is 40.2 Å². The van der Waals surface area contributed by atoms with Crippen LogP contribution in [0.15, 0.2) is 71.5 Å². The van der Waals surface area contributed by atoms with Crippen LogP contribution >= 0.6 is 0 Å². The van der Waals surface area contributed by atoms with E-state index >= 15 is 0 Å². The summed E-state index contributed by atoms with van der Waals surface area (Å²) in [7, 11) is 1.94. The number of carbonyl (C=O) groups is 1. The quantitative estimate of drug-likeness (QED) is 0.631. The van der Waals surface area contributed by atoms with Crippen molar-refractivity contribution in [2.45, 2.75) is 25.2 Å². The average Bonchev–Trinajstić information content (AvgIpc) is 3.00. The van der Waals surface area contributed by atoms with E-state index in [1.54, 1.807) is 22.8 Å². The Morgan fingerprint density at radius 3 is 2.64 bits per heavy atom. The number of aliphatic hydroxyl groups is 1. The van der Waals surface area contributed by atoms with E-state index in [1.165, 1.54) is 12.1 Å². The lowest BCUT2D eigenvalue weighted by molar-refractivity contribution is -0.127. The zero-order valence-corrected chi connectivity index (χ0v) is 18.3. The van der Waals surface area contributed by atoms with Gasteiger partial charge in [0.1, 0.15) is 5.82 Å². The van der Waals surface area contributed by atoms with Crippen molar-refractivity contribution in [2.75, 3.05) is 13.7 Å². The van der Waals surface area contributed by atoms with Gasteiger partial charge in [-0.3, -0.25) is 14.5 Å². The minimum Gasteiger partial charge on any atom is -0.396 e. The van der Waals surface area contributed by atoms with Crippen LogP contribution in [0.3, 0.4) is 0 Å². The molecule has 4 atom stereocenters. The van der Waals surface area contributed by atoms with Gasteiger partial charge in [0.15, 0.2) is 0 Å². The van der Waals surface area contributed by atoms with Gasteiger partial charge >= 0.3 is 0 Å². The number of aromatic nitrogens is 1. The predicted molar refractivity (Wildman–Crippen MR) is 123 cm³/mol. The van der Waals surface area contributed by atoms with Gasteiger partial charge in [0, 0.05) is 42.9 Å². The van der Waals surface area contributed by atoms with E-state index in [0.29, 0.717) is 24.2 Å². The summed E-state index contributed by atoms with van der Waals surface area (Å²) in [6.07, 6.45) is 0. The molecule has 1 aromatic heterocycles. The Hall–Kier alpha value is -3.29. The van der Waals surface area contributed by atoms with Crippen LogP contribution in [0, 0.1) is 17.7 Å². The van der Waals surface area contributed by atoms with Crippen LogP contribution in [0.2, 0.25) is 0 Å². The molecule has 33 heavy (non-hydrogen) atoms. The minimum absolute atomic E-state index is 0.132. The smallest absolute Gasteiger partial charge is 0.258 e. The molecule has 2 N–H and O–H groups in total. The fraction of sp³-hybridized carbons (Fsp3) is 0.308. The number of amides is 1. The molecular weight excluding hydrogens is 421 g/mol. The molecule has 2 bridgehead atoms. The second-order valence-corrected chi connectivity index (χ2v) is 8.85. The number of nitrogens with zero attached hydrogens (tertiary/aromatic N) is 2. The number of nitrogens with one attached hydrogen (secondary N) is 1. The van der Waals surface area contributed by atoms with Gasteiger partial charge in [0.25, 0.3) is 5.56 Å². The van der Waals surface area contributed by atoms with Crippen LogP contribution in [0.25, 0.3) is 11.1 Å². The molecule has 1 fully saturated rings. The standard InChI is InChI=1S/C26H26FN3O3/c1-29-22-14-30-21(11-10-19(26(30)33)17-8-5-9-18(27)12-17)24(29)23(20(22)15-31)25(32)28-13-16-6-3-2-4-7-16/h2-12,20,22-24,31H,13-15H2,1H3,(H,28,32)/t20-,22-,23+,24+/m0/s1. The maximum absolute atomic E-state index is 13.8. The summed E-state index contributed by atoms with van der Waals surface area (Å²) in [6.45, 7) is 0.632. The fourth-order valence-electron chi connectivity index (χ4n) is 5.47. The summed E-state index contributed by atoms with van der Waals surface area (Å²) >= 11 is 0. The van der Waals surface area contributed by atoms with E-state index in [2.05, 4.69) is 10.2 Å². The Labute approximate surface area is 191 Å². The Balaban J connectivity index is 1.50. The highest BCUT2D eigenvalue weighted by Gasteiger charge is 2.54. The van der Waals surface area contributed by atoms with Crippen molar-refractivity contribution in [3.8, 4) is 11.1 Å². The third-order valence-corrected chi connectivity index (χ3v) is 7.10. The molecule has 1 amide bonds. The molecule has 170 valence electrons. The first-order valence-electron chi connectivity index (χ1n) is 11.1. The molecule has 2 aliphatic rings. The number of rotatable bonds is 5. The molecule has 3 heterocycles. The van der Waals surface area contributed by atoms with E-state index in [1.807, 2.05) is 43.4 Å². The topological polar surface area (TPSA) is 74.6 Å². The Morgan fingerprint density at radius 1 is 1.12 bits per heavy atom. The highest BCUT2D eigenvalue weighted by molar-refractivity contribution is 5.80. The van der Waals surface area contributed by atoms with Crippen LogP contribution in [0.1, 0.15) is 17.3 Å². The zero-order valence-electron chi connectivity index (χ0n) is 18.3. The molecule has 0 radical (unpaired) electrons. The lowest BCUT2D eigenvalue weighted by atomic mass is 9.86. The molecule has 0 saturated carbocycles. The second-order valence-electron chi connectivity index (χ2n) is 8.85. The van der Waals surface area contributed by atoms with Gasteiger partial charge in [-0.15, -0.1) is 0 Å². The number of halogens is 1. The van der Waals surface area contributed by atoms with E-state index < -0.39 is 11.7 Å². The molecule has 0 aliphatic carbocycles. The monoisotopic (exact) mass is 447 g/mol. The first-order chi connectivity index (χ1) is 16.0. The molecule has 7 heteroatoms. The number of hydrogen-bond donors (Lipinski definition) is 2. The fourth-order valence-corrected chi connectivity index (χ4v) is 5.47. The lowest BCUT2D eigenvalue weighted by Crippen LogP contribution is -2.44. The number of carbonyl (C=O) groups excluding carboxylic acids is 1. The van der Waals surface area contributed by atoms with Crippen LogP contribution in [0.4, 0.5) is 4.39 Å². The third-order valence-electron chi connectivity index (χ3n) is 7.10. The molecule has 1 saturated heterocycles. The molecule has 2 aromatic carbocycles. The number of likely N-dealkylation sites (N-methyl/N-ethyl adjacent to an activating group) is 1. The summed E-state index contributed by atoms with van der Waals surface area (Å²) in [4.78, 5) is 28.8. The number of pyridine rings is 1. The minimum atomic E-state index is -0.484. The second kappa shape index (κ2) is 8.57. The van der Waals surface area contributed by atoms with Crippen LogP contribution in [0.5, 0.6) is 0 Å². The van der Waals surface area contributed by atoms with Gasteiger partial charge in [0.2, 0.25) is 5.91 Å². The number of benzene rings is 2. The SMILES string of the molecule is CN1[C@@H]2c3ccc(-c4cccc(F)c4)c(=O)n3C[C@H]1[C@H](CO)[C@H]2C(=O)NCc1ccccc1. The van der Waals surface area contributed by atoms with E-state index in [-0.39, 0.29) is 36.1 Å². The number of aliphatic hydroxyl groups excluding tert-OH is 1. The summed E-state index contributed by atoms with van der Waals surface area (Å²) < 4.78 is 15.5. The summed E-state index contributed by atoms with van der Waals surface area (Å²) in [5.41, 5.74) is 2.49. The molecule has 6 nitrogen and oxygen atoms in total. The van der Waals surface area contributed by atoms with Crippen molar-refractivity contribution in [3.63, 3.8) is 0 Å². The largest absolute Gasteiger partial charge is 0.396 e. The third kappa shape index (κ3) is 3.67. The summed E-state index contributed by atoms with van der Waals surface area (Å²) in [6, 6.07) is 18.8. The first-order valence-corrected chi connectivity index (χ1v) is 11.1. The normalized spacial score (nSPS) is 23.8. The van der Waals surface area contributed by atoms with Crippen molar-refractivity contribution in [2.24, 2.45) is 11.8 Å². The lowest BCUT2D eigenvalue weighted by Gasteiger charge is -2.35. The van der Waals surface area contributed by atoms with Gasteiger partial charge in [0.05, 0.1) is 12.0 Å². The Bertz CT molecular complexity index is 1240. The van der Waals surface area contributed by atoms with E-state index in [9.17, 15) is 19.1 Å². The maximum atomic E-state index is 13.8. The van der Waals surface area contributed by atoms with Crippen molar-refractivity contribution in [1.29, 1.82) is 0 Å². The van der Waals surface area contributed by atoms with Crippen molar-refractivity contribution in [3.05, 3.63) is 94.2 Å². The highest BCUT2D eigenvalue weighted by Crippen LogP contribution is 2.47. The van der Waals surface area contributed by atoms with Crippen LogP contribution < -0.4 is 10.9 Å². The van der Waals surface area contributed by atoms with Crippen LogP contribution in [-0.2, 0) is 17.9 Å². The molecule has 0 spiro atoms. The predicted octanol–water partition coefficient (Wildman–Crippen LogP) is 2.56. The molecule has 3 aromatic rings. The maximum Gasteiger partial charge on any atom is 0.258 e. The Morgan fingerprint density at radius 2 is 1.91 bits per heavy atom. The molecular formula is C26H26FN3O3. The summed E-state index contributed by atoms with van der Waals surface area (Å²) in [5.74, 6) is -1.31. The van der Waals surface area contributed by atoms with E-state index in [0.717, 1.165) is 11.3 Å². The number of fused-ring (bicyclic) bond motifs is 4. The van der Waals surface area contributed by atoms with Gasteiger partial charge in [-0.05, 0) is 42.4 Å². The average molecular weight is 448 g/mol. The van der Waals surface area contributed by atoms with Crippen molar-refractivity contribution >= 4 is 5.91 Å². The molecule has 5 rings (SSSR count). The van der Waals surface area contributed by atoms with Crippen molar-refractivity contribution in [1.82, 2.24) is 14.8 Å². The Kier molecular flexibility index (Phi) is 5.60. The summed E-state index contributed by atoms with van der Waals surface area (Å²) in [5, 5.41) is 13.2.